The number of rotatable bonds is 23. The van der Waals surface area contributed by atoms with Gasteiger partial charge in [0.15, 0.2) is 0 Å². The van der Waals surface area contributed by atoms with E-state index in [0.29, 0.717) is 57.1 Å². The average molecular weight is 1790 g/mol. The Morgan fingerprint density at radius 2 is 0.899 bits per heavy atom. The average Bonchev–Trinajstić information content (AvgIpc) is 1.50. The second-order valence-corrected chi connectivity index (χ2v) is 34.4. The second-order valence-electron chi connectivity index (χ2n) is 33.4. The van der Waals surface area contributed by atoms with Crippen molar-refractivity contribution in [1.82, 2.24) is 77.3 Å². The molecule has 690 valence electrons. The van der Waals surface area contributed by atoms with Gasteiger partial charge in [0, 0.05) is 103 Å². The SMILES string of the molecule is CCCC[C@H]1C(=O)N(C)CC(=O)N[C@@H](CC(C)=O)C(=O)N[C@@H](C(C)C)C(=O)N(C)[C@@H](Cc2ccccc2)C(=O)N[C@@H](Cc2ccc(O)cc2)C(=O)N(C)CC(=O)N[C@@H](Cc2c[nH]c3ccccc23)C(=O)N[C@@H](Cc2ccc(O)cc2)C(=O)N[C@@H](CC(C)C)C(=O)N[C@H](C(=O)NCC(N)=O)CSCC(=O)N[C@@H](Cc2ccccc2)C(=O)N(C)[C@@H](Cc2ccccc2)C(=O)N1C. The van der Waals surface area contributed by atoms with Crippen LogP contribution < -0.4 is 53.6 Å². The Kier molecular flexibility index (Phi) is 38.4. The molecule has 0 unspecified atom stereocenters. The number of hydrogen-bond acceptors (Lipinski definition) is 19. The molecule has 0 spiro atoms. The van der Waals surface area contributed by atoms with Crippen LogP contribution in [0.5, 0.6) is 11.5 Å². The van der Waals surface area contributed by atoms with Crippen molar-refractivity contribution in [2.24, 2.45) is 17.6 Å². The van der Waals surface area contributed by atoms with Crippen molar-refractivity contribution >= 4 is 117 Å². The highest BCUT2D eigenvalue weighted by atomic mass is 32.2. The number of ketones is 1. The Labute approximate surface area is 754 Å². The van der Waals surface area contributed by atoms with Gasteiger partial charge in [-0.3, -0.25) is 76.7 Å². The maximum atomic E-state index is 15.5. The van der Waals surface area contributed by atoms with Crippen molar-refractivity contribution in [1.29, 1.82) is 0 Å². The fourth-order valence-electron chi connectivity index (χ4n) is 15.1. The number of likely N-dealkylation sites (N-methyl/N-ethyl adjacent to an activating group) is 5. The van der Waals surface area contributed by atoms with Gasteiger partial charge in [-0.15, -0.1) is 11.8 Å². The van der Waals surface area contributed by atoms with Crippen molar-refractivity contribution in [2.45, 2.75) is 179 Å². The summed E-state index contributed by atoms with van der Waals surface area (Å²) < 4.78 is 0. The number of phenolic OH excluding ortho intramolecular Hbond substituents is 2. The van der Waals surface area contributed by atoms with E-state index in [0.717, 1.165) is 26.5 Å². The molecular weight excluding hydrogens is 1670 g/mol. The molecule has 1 aliphatic rings. The van der Waals surface area contributed by atoms with Crippen molar-refractivity contribution in [3.8, 4) is 11.5 Å². The van der Waals surface area contributed by atoms with Crippen molar-refractivity contribution in [3.63, 3.8) is 0 Å². The number of H-pyrrole nitrogens is 1. The van der Waals surface area contributed by atoms with Crippen LogP contribution in [0.3, 0.4) is 0 Å². The number of aromatic nitrogens is 1. The summed E-state index contributed by atoms with van der Waals surface area (Å²) in [6.45, 7) is 7.59. The van der Waals surface area contributed by atoms with Crippen LogP contribution in [0.15, 0.2) is 170 Å². The predicted molar refractivity (Wildman–Crippen MR) is 485 cm³/mol. The summed E-state index contributed by atoms with van der Waals surface area (Å²) in [6.07, 6.45) is 0.741. The number of nitrogens with zero attached hydrogens (tertiary/aromatic N) is 5. The summed E-state index contributed by atoms with van der Waals surface area (Å²) in [4.78, 5) is 244. The minimum Gasteiger partial charge on any atom is -0.508 e. The van der Waals surface area contributed by atoms with E-state index in [9.17, 15) is 48.6 Å². The molecular formula is C94H120N16O18S. The summed E-state index contributed by atoms with van der Waals surface area (Å²) in [5, 5.41) is 45.7. The highest BCUT2D eigenvalue weighted by molar-refractivity contribution is 8.00. The number of carbonyl (C=O) groups excluding carboxylic acids is 16. The molecule has 0 aliphatic carbocycles. The second kappa shape index (κ2) is 49.0. The van der Waals surface area contributed by atoms with E-state index in [-0.39, 0.29) is 74.5 Å². The topological polar surface area (TPSA) is 480 Å². The lowest BCUT2D eigenvalue weighted by molar-refractivity contribution is -0.151. The number of primary amides is 1. The van der Waals surface area contributed by atoms with E-state index in [2.05, 4.69) is 52.8 Å². The number of amides is 15. The van der Waals surface area contributed by atoms with Gasteiger partial charge in [0.1, 0.15) is 83.7 Å². The third-order valence-electron chi connectivity index (χ3n) is 22.2. The minimum atomic E-state index is -1.66. The molecule has 8 rings (SSSR count). The summed E-state index contributed by atoms with van der Waals surface area (Å²) in [6, 6.07) is 28.1. The number of phenols is 2. The quantitative estimate of drug-likeness (QED) is 0.0438. The third kappa shape index (κ3) is 30.6. The maximum absolute atomic E-state index is 15.5. The van der Waals surface area contributed by atoms with Crippen molar-refractivity contribution in [2.75, 3.05) is 66.4 Å². The monoisotopic (exact) mass is 1790 g/mol. The molecule has 1 aliphatic heterocycles. The van der Waals surface area contributed by atoms with Gasteiger partial charge in [-0.25, -0.2) is 0 Å². The van der Waals surface area contributed by atoms with E-state index in [1.165, 1.54) is 100 Å². The lowest BCUT2D eigenvalue weighted by Gasteiger charge is -2.37. The van der Waals surface area contributed by atoms with E-state index < -0.39 is 199 Å². The molecule has 1 fully saturated rings. The minimum absolute atomic E-state index is 0.0630. The van der Waals surface area contributed by atoms with E-state index in [1.54, 1.807) is 149 Å². The lowest BCUT2D eigenvalue weighted by Crippen LogP contribution is -2.61. The van der Waals surface area contributed by atoms with Gasteiger partial charge in [-0.1, -0.05) is 181 Å². The molecule has 129 heavy (non-hydrogen) atoms. The number of fused-ring (bicyclic) bond motifs is 1. The van der Waals surface area contributed by atoms with Gasteiger partial charge in [-0.2, -0.15) is 0 Å². The summed E-state index contributed by atoms with van der Waals surface area (Å²) in [7, 11) is 6.69. The first-order chi connectivity index (χ1) is 61.4. The smallest absolute Gasteiger partial charge is 0.246 e. The molecule has 35 heteroatoms. The Bertz CT molecular complexity index is 5060. The first kappa shape index (κ1) is 101. The summed E-state index contributed by atoms with van der Waals surface area (Å²) in [5.74, 6) is -15.8. The zero-order chi connectivity index (χ0) is 94.3. The molecule has 11 atom stereocenters. The van der Waals surface area contributed by atoms with Crippen LogP contribution in [0, 0.1) is 11.8 Å². The number of aromatic hydroxyl groups is 2. The Hall–Kier alpha value is -13.5. The number of aromatic amines is 1. The molecule has 0 saturated carbocycles. The number of Topliss-reactive ketones (excluding diaryl/α,β-unsaturated/α-hetero) is 1. The highest BCUT2D eigenvalue weighted by Gasteiger charge is 2.42. The van der Waals surface area contributed by atoms with E-state index in [4.69, 9.17) is 5.73 Å². The number of unbranched alkanes of at least 4 members (excludes halogenated alkanes) is 1. The summed E-state index contributed by atoms with van der Waals surface area (Å²) >= 11 is 0.839. The predicted octanol–water partition coefficient (Wildman–Crippen LogP) is 2.83. The van der Waals surface area contributed by atoms with Crippen LogP contribution in [-0.2, 0) is 115 Å². The molecule has 7 aromatic rings. The van der Waals surface area contributed by atoms with Gasteiger partial charge in [0.25, 0.3) is 0 Å². The number of thioether (sulfide) groups is 1. The molecule has 14 N–H and O–H groups in total. The normalized spacial score (nSPS) is 21.9. The molecule has 1 saturated heterocycles. The Balaban J connectivity index is 1.21. The first-order valence-electron chi connectivity index (χ1n) is 42.9. The molecule has 2 heterocycles. The van der Waals surface area contributed by atoms with Gasteiger partial charge >= 0.3 is 0 Å². The Morgan fingerprint density at radius 3 is 1.43 bits per heavy atom. The molecule has 0 bridgehead atoms. The van der Waals surface area contributed by atoms with E-state index >= 15 is 38.4 Å². The van der Waals surface area contributed by atoms with Gasteiger partial charge in [-0.05, 0) is 95.3 Å². The molecule has 34 nitrogen and oxygen atoms in total. The standard InChI is InChI=1S/C94H120N16O18S/c1-12-13-33-76-92(126)107(8)53-81(116)98-70(43-58(6)111)88(122)105-83(57(4)5)94(128)109(10)77(47-60-27-19-15-20-28-60)89(123)103-73(46-63-36-40-66(113)41-37-63)90(124)106(7)52-80(115)99-72(49-64-50-96-68-32-24-23-31-67(64)68)87(121)102-71(44-62-34-38-65(112)39-35-62)86(120)101-69(42-56(2)3)85(119)104-75(84(118)97-51-79(95)114)54-129-55-82(117)100-74(45-59-25-17-14-18-26-59)91(125)110(11)78(93(127)108(76)9)48-61-29-21-16-22-30-61/h14-32,34-41,50,56-57,69-78,83,96,112-113H,12-13,33,42-49,51-55H2,1-11H3,(H2,95,114)(H,97,118)(H,98,116)(H,99,115)(H,100,117)(H,101,120)(H,102,121)(H,103,123)(H,104,119)(H,105,122)/t69-,70-,71-,72-,73-,74-,75-,76-,77-,78-,83-/m0/s1. The number of carbonyl (C=O) groups is 16. The fourth-order valence-corrected chi connectivity index (χ4v) is 15.9. The van der Waals surface area contributed by atoms with Crippen molar-refractivity contribution < 1.29 is 86.9 Å². The van der Waals surface area contributed by atoms with Gasteiger partial charge in [0.05, 0.1) is 25.4 Å². The molecule has 0 radical (unpaired) electrons. The molecule has 15 amide bonds. The van der Waals surface area contributed by atoms with Crippen LogP contribution >= 0.6 is 11.8 Å². The van der Waals surface area contributed by atoms with Crippen LogP contribution in [0.25, 0.3) is 10.9 Å². The number of para-hydroxylation sites is 1. The van der Waals surface area contributed by atoms with Gasteiger partial charge < -0.3 is 93.3 Å². The lowest BCUT2D eigenvalue weighted by atomic mass is 9.98. The number of nitrogens with two attached hydrogens (primary N) is 1. The summed E-state index contributed by atoms with van der Waals surface area (Å²) in [5.41, 5.74) is 9.22. The molecule has 6 aromatic carbocycles. The number of hydrogen-bond donors (Lipinski definition) is 13. The largest absolute Gasteiger partial charge is 0.508 e. The number of benzene rings is 6. The fraction of sp³-hybridized carbons (Fsp3) is 0.426. The third-order valence-corrected chi connectivity index (χ3v) is 23.2. The zero-order valence-electron chi connectivity index (χ0n) is 74.6. The first-order valence-corrected chi connectivity index (χ1v) is 44.1. The zero-order valence-corrected chi connectivity index (χ0v) is 75.4. The van der Waals surface area contributed by atoms with Crippen LogP contribution in [-0.4, -0.2) is 267 Å². The maximum Gasteiger partial charge on any atom is 0.246 e. The van der Waals surface area contributed by atoms with E-state index in [1.807, 2.05) is 6.92 Å². The van der Waals surface area contributed by atoms with Gasteiger partial charge in [0.2, 0.25) is 88.6 Å². The van der Waals surface area contributed by atoms with Crippen LogP contribution in [0.1, 0.15) is 107 Å². The molecule has 1 aromatic heterocycles. The Morgan fingerprint density at radius 1 is 0.457 bits per heavy atom. The highest BCUT2D eigenvalue weighted by Crippen LogP contribution is 2.25. The van der Waals surface area contributed by atoms with Crippen molar-refractivity contribution in [3.05, 3.63) is 203 Å². The van der Waals surface area contributed by atoms with Crippen LogP contribution in [0.2, 0.25) is 0 Å². The van der Waals surface area contributed by atoms with Crippen LogP contribution in [0.4, 0.5) is 0 Å². The number of nitrogens with one attached hydrogen (secondary N) is 10.